The highest BCUT2D eigenvalue weighted by Gasteiger charge is 2.33. The van der Waals surface area contributed by atoms with Gasteiger partial charge in [0.05, 0.1) is 0 Å². The summed E-state index contributed by atoms with van der Waals surface area (Å²) in [5.41, 5.74) is 2.63. The van der Waals surface area contributed by atoms with E-state index in [-0.39, 0.29) is 0 Å². The van der Waals surface area contributed by atoms with E-state index in [0.29, 0.717) is 6.04 Å². The number of nitrogens with one attached hydrogen (secondary N) is 2. The van der Waals surface area contributed by atoms with Crippen LogP contribution < -0.4 is 15.5 Å². The summed E-state index contributed by atoms with van der Waals surface area (Å²) in [5.74, 6) is 1.76. The van der Waals surface area contributed by atoms with Gasteiger partial charge in [0, 0.05) is 38.9 Å². The smallest absolute Gasteiger partial charge is 0.191 e. The molecule has 0 amide bonds. The van der Waals surface area contributed by atoms with Crippen molar-refractivity contribution in [3.05, 3.63) is 29.8 Å². The minimum Gasteiger partial charge on any atom is -0.378 e. The van der Waals surface area contributed by atoms with Crippen molar-refractivity contribution in [2.24, 2.45) is 10.9 Å². The Morgan fingerprint density at radius 1 is 1.27 bits per heavy atom. The summed E-state index contributed by atoms with van der Waals surface area (Å²) in [4.78, 5) is 6.80. The van der Waals surface area contributed by atoms with Gasteiger partial charge < -0.3 is 15.5 Å². The molecule has 4 nitrogen and oxygen atoms in total. The molecule has 0 saturated heterocycles. The van der Waals surface area contributed by atoms with Crippen LogP contribution in [0.15, 0.2) is 29.3 Å². The van der Waals surface area contributed by atoms with Gasteiger partial charge in [0.15, 0.2) is 5.96 Å². The molecule has 1 aliphatic rings. The molecule has 0 aliphatic heterocycles. The monoisotopic (exact) mass is 302 g/mol. The highest BCUT2D eigenvalue weighted by molar-refractivity contribution is 5.80. The SMILES string of the molecule is CCNC(=NCCCc1ccc(N(C)C)cc1)NC1CC1C. The maximum atomic E-state index is 4.68. The second-order valence-corrected chi connectivity index (χ2v) is 6.39. The predicted molar refractivity (Wildman–Crippen MR) is 95.8 cm³/mol. The number of hydrogen-bond acceptors (Lipinski definition) is 2. The first kappa shape index (κ1) is 16.7. The van der Waals surface area contributed by atoms with E-state index >= 15 is 0 Å². The van der Waals surface area contributed by atoms with Gasteiger partial charge in [-0.15, -0.1) is 0 Å². The van der Waals surface area contributed by atoms with E-state index < -0.39 is 0 Å². The molecule has 1 aromatic rings. The molecule has 2 rings (SSSR count). The van der Waals surface area contributed by atoms with E-state index in [1.54, 1.807) is 0 Å². The Hall–Kier alpha value is -1.71. The topological polar surface area (TPSA) is 39.7 Å². The number of nitrogens with zero attached hydrogens (tertiary/aromatic N) is 2. The molecule has 2 unspecified atom stereocenters. The molecule has 0 heterocycles. The molecule has 2 N–H and O–H groups in total. The van der Waals surface area contributed by atoms with Crippen molar-refractivity contribution >= 4 is 11.6 Å². The summed E-state index contributed by atoms with van der Waals surface area (Å²) in [6, 6.07) is 9.41. The fourth-order valence-electron chi connectivity index (χ4n) is 2.45. The van der Waals surface area contributed by atoms with Gasteiger partial charge in [0.25, 0.3) is 0 Å². The molecule has 22 heavy (non-hydrogen) atoms. The molecular formula is C18H30N4. The lowest BCUT2D eigenvalue weighted by Crippen LogP contribution is -2.39. The molecule has 0 radical (unpaired) electrons. The fraction of sp³-hybridized carbons (Fsp3) is 0.611. The maximum absolute atomic E-state index is 4.68. The normalized spacial score (nSPS) is 20.6. The zero-order valence-electron chi connectivity index (χ0n) is 14.4. The Morgan fingerprint density at radius 3 is 2.50 bits per heavy atom. The summed E-state index contributed by atoms with van der Waals surface area (Å²) < 4.78 is 0. The molecule has 0 bridgehead atoms. The van der Waals surface area contributed by atoms with Gasteiger partial charge in [0.2, 0.25) is 0 Å². The molecule has 1 aliphatic carbocycles. The van der Waals surface area contributed by atoms with Crippen molar-refractivity contribution < 1.29 is 0 Å². The highest BCUT2D eigenvalue weighted by atomic mass is 15.2. The minimum atomic E-state index is 0.622. The molecule has 4 heteroatoms. The van der Waals surface area contributed by atoms with Gasteiger partial charge in [-0.05, 0) is 49.8 Å². The van der Waals surface area contributed by atoms with Crippen molar-refractivity contribution in [3.63, 3.8) is 0 Å². The maximum Gasteiger partial charge on any atom is 0.191 e. The van der Waals surface area contributed by atoms with Gasteiger partial charge in [-0.2, -0.15) is 0 Å². The van der Waals surface area contributed by atoms with E-state index in [4.69, 9.17) is 0 Å². The Bertz CT molecular complexity index is 478. The standard InChI is InChI=1S/C18H30N4/c1-5-19-18(21-17-13-14(17)2)20-12-6-7-15-8-10-16(11-9-15)22(3)4/h8-11,14,17H,5-7,12-13H2,1-4H3,(H2,19,20,21). The molecule has 0 spiro atoms. The largest absolute Gasteiger partial charge is 0.378 e. The average molecular weight is 302 g/mol. The van der Waals surface area contributed by atoms with Crippen LogP contribution in [0.25, 0.3) is 0 Å². The third-order valence-corrected chi connectivity index (χ3v) is 4.12. The predicted octanol–water partition coefficient (Wildman–Crippen LogP) is 2.65. The Morgan fingerprint density at radius 2 is 1.95 bits per heavy atom. The lowest BCUT2D eigenvalue weighted by atomic mass is 10.1. The number of aryl methyl sites for hydroxylation is 1. The summed E-state index contributed by atoms with van der Waals surface area (Å²) >= 11 is 0. The van der Waals surface area contributed by atoms with Crippen LogP contribution in [-0.2, 0) is 6.42 Å². The van der Waals surface area contributed by atoms with Gasteiger partial charge in [0.1, 0.15) is 0 Å². The number of rotatable bonds is 7. The molecule has 0 aromatic heterocycles. The van der Waals surface area contributed by atoms with Crippen LogP contribution in [-0.4, -0.2) is 39.2 Å². The van der Waals surface area contributed by atoms with Crippen molar-refractivity contribution in [1.82, 2.24) is 10.6 Å². The summed E-state index contributed by atoms with van der Waals surface area (Å²) in [6.45, 7) is 6.17. The van der Waals surface area contributed by atoms with E-state index in [2.05, 4.69) is 72.7 Å². The van der Waals surface area contributed by atoms with E-state index in [1.165, 1.54) is 17.7 Å². The van der Waals surface area contributed by atoms with Crippen LogP contribution in [0.5, 0.6) is 0 Å². The quantitative estimate of drug-likeness (QED) is 0.462. The van der Waals surface area contributed by atoms with Crippen molar-refractivity contribution in [3.8, 4) is 0 Å². The lowest BCUT2D eigenvalue weighted by molar-refractivity contribution is 0.754. The van der Waals surface area contributed by atoms with Gasteiger partial charge >= 0.3 is 0 Å². The lowest BCUT2D eigenvalue weighted by Gasteiger charge is -2.12. The Balaban J connectivity index is 1.74. The van der Waals surface area contributed by atoms with E-state index in [1.807, 2.05) is 0 Å². The molecule has 1 fully saturated rings. The Labute approximate surface area is 135 Å². The first-order chi connectivity index (χ1) is 10.6. The molecule has 122 valence electrons. The van der Waals surface area contributed by atoms with Crippen molar-refractivity contribution in [2.45, 2.75) is 39.2 Å². The van der Waals surface area contributed by atoms with Gasteiger partial charge in [-0.1, -0.05) is 19.1 Å². The minimum absolute atomic E-state index is 0.622. The first-order valence-corrected chi connectivity index (χ1v) is 8.41. The Kier molecular flexibility index (Phi) is 6.10. The first-order valence-electron chi connectivity index (χ1n) is 8.41. The second kappa shape index (κ2) is 8.06. The van der Waals surface area contributed by atoms with Crippen LogP contribution in [0.2, 0.25) is 0 Å². The van der Waals surface area contributed by atoms with Crippen molar-refractivity contribution in [1.29, 1.82) is 0 Å². The molecule has 1 saturated carbocycles. The number of hydrogen-bond donors (Lipinski definition) is 2. The zero-order chi connectivity index (χ0) is 15.9. The molecule has 1 aromatic carbocycles. The number of anilines is 1. The van der Waals surface area contributed by atoms with Crippen molar-refractivity contribution in [2.75, 3.05) is 32.1 Å². The third-order valence-electron chi connectivity index (χ3n) is 4.12. The van der Waals surface area contributed by atoms with Crippen LogP contribution in [0, 0.1) is 5.92 Å². The van der Waals surface area contributed by atoms with Crippen LogP contribution in [0.4, 0.5) is 5.69 Å². The van der Waals surface area contributed by atoms with Crippen LogP contribution in [0.3, 0.4) is 0 Å². The third kappa shape index (κ3) is 5.24. The zero-order valence-corrected chi connectivity index (χ0v) is 14.4. The van der Waals surface area contributed by atoms with E-state index in [9.17, 15) is 0 Å². The summed E-state index contributed by atoms with van der Waals surface area (Å²) in [5, 5.41) is 6.82. The number of aliphatic imine (C=N–C) groups is 1. The van der Waals surface area contributed by atoms with E-state index in [0.717, 1.165) is 37.8 Å². The summed E-state index contributed by atoms with van der Waals surface area (Å²) in [7, 11) is 4.14. The molecule has 2 atom stereocenters. The van der Waals surface area contributed by atoms with Gasteiger partial charge in [-0.25, -0.2) is 0 Å². The molecular weight excluding hydrogens is 272 g/mol. The summed E-state index contributed by atoms with van der Waals surface area (Å²) in [6.07, 6.45) is 3.43. The highest BCUT2D eigenvalue weighted by Crippen LogP contribution is 2.28. The van der Waals surface area contributed by atoms with Gasteiger partial charge in [-0.3, -0.25) is 4.99 Å². The fourth-order valence-corrected chi connectivity index (χ4v) is 2.45. The van der Waals surface area contributed by atoms with Crippen LogP contribution in [0.1, 0.15) is 32.3 Å². The number of benzene rings is 1. The van der Waals surface area contributed by atoms with Crippen LogP contribution >= 0.6 is 0 Å². The average Bonchev–Trinajstić information content (AvgIpc) is 3.19. The second-order valence-electron chi connectivity index (χ2n) is 6.39. The number of guanidine groups is 1.